The highest BCUT2D eigenvalue weighted by atomic mass is 28.3. The zero-order chi connectivity index (χ0) is 14.3. The lowest BCUT2D eigenvalue weighted by Crippen LogP contribution is -2.32. The van der Waals surface area contributed by atoms with Crippen LogP contribution in [0.1, 0.15) is 18.9 Å². The largest absolute Gasteiger partial charge is 0.462 e. The number of hydrogen-bond donors (Lipinski definition) is 0. The summed E-state index contributed by atoms with van der Waals surface area (Å²) < 4.78 is 10.6. The number of rotatable bonds is 7. The Hall–Kier alpha value is -1.39. The van der Waals surface area contributed by atoms with Crippen LogP contribution in [-0.2, 0) is 20.4 Å². The van der Waals surface area contributed by atoms with Gasteiger partial charge in [0.05, 0.1) is 6.61 Å². The SMILES string of the molecule is C=C(C)C(=O)OCCCc1ccccc1[SiH](C)OC. The van der Waals surface area contributed by atoms with Crippen molar-refractivity contribution in [3.63, 3.8) is 0 Å². The third-order valence-electron chi connectivity index (χ3n) is 3.02. The summed E-state index contributed by atoms with van der Waals surface area (Å²) in [5.41, 5.74) is 1.75. The van der Waals surface area contributed by atoms with Crippen LogP contribution in [0.2, 0.25) is 6.55 Å². The third-order valence-corrected chi connectivity index (χ3v) is 5.16. The Balaban J connectivity index is 2.49. The Kier molecular flexibility index (Phi) is 6.52. The molecule has 0 radical (unpaired) electrons. The maximum atomic E-state index is 11.2. The molecular formula is C15H22O3Si. The summed E-state index contributed by atoms with van der Waals surface area (Å²) in [7, 11) is 0.478. The number of aryl methyl sites for hydroxylation is 1. The predicted octanol–water partition coefficient (Wildman–Crippen LogP) is 1.95. The van der Waals surface area contributed by atoms with E-state index in [2.05, 4.69) is 25.3 Å². The van der Waals surface area contributed by atoms with Gasteiger partial charge in [-0.05, 0) is 37.1 Å². The summed E-state index contributed by atoms with van der Waals surface area (Å²) in [6, 6.07) is 8.34. The van der Waals surface area contributed by atoms with Gasteiger partial charge < -0.3 is 9.16 Å². The van der Waals surface area contributed by atoms with Crippen molar-refractivity contribution in [2.24, 2.45) is 0 Å². The highest BCUT2D eigenvalue weighted by molar-refractivity contribution is 6.66. The van der Waals surface area contributed by atoms with Crippen LogP contribution >= 0.6 is 0 Å². The van der Waals surface area contributed by atoms with E-state index in [1.807, 2.05) is 12.1 Å². The molecule has 0 aromatic heterocycles. The molecule has 0 aliphatic carbocycles. The van der Waals surface area contributed by atoms with Crippen molar-refractivity contribution >= 4 is 20.2 Å². The number of benzene rings is 1. The van der Waals surface area contributed by atoms with Crippen molar-refractivity contribution < 1.29 is 14.0 Å². The average Bonchev–Trinajstić information content (AvgIpc) is 2.42. The molecule has 0 amide bonds. The highest BCUT2D eigenvalue weighted by Gasteiger charge is 2.11. The third kappa shape index (κ3) is 5.01. The van der Waals surface area contributed by atoms with E-state index in [9.17, 15) is 4.79 Å². The smallest absolute Gasteiger partial charge is 0.333 e. The molecule has 0 aliphatic rings. The second kappa shape index (κ2) is 7.91. The predicted molar refractivity (Wildman–Crippen MR) is 80.2 cm³/mol. The summed E-state index contributed by atoms with van der Waals surface area (Å²) >= 11 is 0. The molecule has 1 unspecified atom stereocenters. The van der Waals surface area contributed by atoms with Crippen LogP contribution in [0.3, 0.4) is 0 Å². The molecule has 0 heterocycles. The van der Waals surface area contributed by atoms with Gasteiger partial charge in [0.25, 0.3) is 0 Å². The lowest BCUT2D eigenvalue weighted by molar-refractivity contribution is -0.139. The van der Waals surface area contributed by atoms with Gasteiger partial charge in [-0.1, -0.05) is 30.8 Å². The first-order chi connectivity index (χ1) is 9.06. The molecule has 0 N–H and O–H groups in total. The topological polar surface area (TPSA) is 35.5 Å². The van der Waals surface area contributed by atoms with Gasteiger partial charge in [-0.3, -0.25) is 0 Å². The van der Waals surface area contributed by atoms with E-state index in [4.69, 9.17) is 9.16 Å². The lowest BCUT2D eigenvalue weighted by atomic mass is 10.1. The Morgan fingerprint density at radius 1 is 1.37 bits per heavy atom. The van der Waals surface area contributed by atoms with Gasteiger partial charge in [-0.15, -0.1) is 0 Å². The minimum atomic E-state index is -1.29. The average molecular weight is 278 g/mol. The van der Waals surface area contributed by atoms with Crippen LogP contribution < -0.4 is 5.19 Å². The quantitative estimate of drug-likeness (QED) is 0.331. The molecule has 1 rings (SSSR count). The normalized spacial score (nSPS) is 11.9. The molecule has 3 nitrogen and oxygen atoms in total. The number of carbonyl (C=O) groups excluding carboxylic acids is 1. The first-order valence-corrected chi connectivity index (χ1v) is 8.69. The molecule has 0 saturated carbocycles. The maximum Gasteiger partial charge on any atom is 0.333 e. The molecule has 0 spiro atoms. The zero-order valence-electron chi connectivity index (χ0n) is 11.9. The van der Waals surface area contributed by atoms with E-state index in [1.54, 1.807) is 14.0 Å². The Bertz CT molecular complexity index is 443. The maximum absolute atomic E-state index is 11.2. The molecule has 4 heteroatoms. The van der Waals surface area contributed by atoms with Crippen molar-refractivity contribution in [1.82, 2.24) is 0 Å². The van der Waals surface area contributed by atoms with Gasteiger partial charge in [0.15, 0.2) is 0 Å². The summed E-state index contributed by atoms with van der Waals surface area (Å²) in [6.07, 6.45) is 1.72. The highest BCUT2D eigenvalue weighted by Crippen LogP contribution is 2.04. The molecule has 0 saturated heterocycles. The Morgan fingerprint density at radius 2 is 2.05 bits per heavy atom. The summed E-state index contributed by atoms with van der Waals surface area (Å²) in [5.74, 6) is -0.312. The van der Waals surface area contributed by atoms with Gasteiger partial charge in [0, 0.05) is 12.7 Å². The number of esters is 1. The van der Waals surface area contributed by atoms with Gasteiger partial charge in [0.1, 0.15) is 0 Å². The molecule has 0 aliphatic heterocycles. The van der Waals surface area contributed by atoms with Crippen LogP contribution in [0.5, 0.6) is 0 Å². The molecular weight excluding hydrogens is 256 g/mol. The lowest BCUT2D eigenvalue weighted by Gasteiger charge is -2.13. The molecule has 0 bridgehead atoms. The summed E-state index contributed by atoms with van der Waals surface area (Å²) in [6.45, 7) is 7.81. The fourth-order valence-corrected chi connectivity index (χ4v) is 3.23. The number of hydrogen-bond acceptors (Lipinski definition) is 3. The molecule has 1 atom stereocenters. The van der Waals surface area contributed by atoms with E-state index in [-0.39, 0.29) is 5.97 Å². The van der Waals surface area contributed by atoms with E-state index in [1.165, 1.54) is 10.8 Å². The van der Waals surface area contributed by atoms with Crippen LogP contribution in [-0.4, -0.2) is 28.7 Å². The van der Waals surface area contributed by atoms with Crippen LogP contribution in [0.25, 0.3) is 0 Å². The van der Waals surface area contributed by atoms with Crippen molar-refractivity contribution in [2.75, 3.05) is 13.7 Å². The number of carbonyl (C=O) groups is 1. The first-order valence-electron chi connectivity index (χ1n) is 6.49. The standard InChI is InChI=1S/C15H22O3Si/c1-12(2)15(16)18-11-7-9-13-8-5-6-10-14(13)19(4)17-3/h5-6,8,10,19H,1,7,9,11H2,2-4H3. The minimum absolute atomic E-state index is 0.312. The molecule has 104 valence electrons. The van der Waals surface area contributed by atoms with Crippen LogP contribution in [0.4, 0.5) is 0 Å². The van der Waals surface area contributed by atoms with Crippen molar-refractivity contribution in [2.45, 2.75) is 26.3 Å². The van der Waals surface area contributed by atoms with E-state index in [0.29, 0.717) is 12.2 Å². The Labute approximate surface area is 117 Å². The Morgan fingerprint density at radius 3 is 2.68 bits per heavy atom. The molecule has 19 heavy (non-hydrogen) atoms. The fourth-order valence-electron chi connectivity index (χ4n) is 1.84. The van der Waals surface area contributed by atoms with Crippen LogP contribution in [0, 0.1) is 0 Å². The van der Waals surface area contributed by atoms with Gasteiger partial charge in [0.2, 0.25) is 9.04 Å². The molecule has 1 aromatic carbocycles. The summed E-state index contributed by atoms with van der Waals surface area (Å²) in [4.78, 5) is 11.2. The first kappa shape index (κ1) is 15.7. The van der Waals surface area contributed by atoms with Crippen molar-refractivity contribution in [3.8, 4) is 0 Å². The van der Waals surface area contributed by atoms with Gasteiger partial charge in [-0.25, -0.2) is 4.79 Å². The fraction of sp³-hybridized carbons (Fsp3) is 0.400. The van der Waals surface area contributed by atoms with E-state index >= 15 is 0 Å². The zero-order valence-corrected chi connectivity index (χ0v) is 13.1. The van der Waals surface area contributed by atoms with E-state index in [0.717, 1.165) is 12.8 Å². The van der Waals surface area contributed by atoms with Crippen LogP contribution in [0.15, 0.2) is 36.4 Å². The minimum Gasteiger partial charge on any atom is -0.462 e. The van der Waals surface area contributed by atoms with E-state index < -0.39 is 9.04 Å². The second-order valence-electron chi connectivity index (χ2n) is 4.60. The van der Waals surface area contributed by atoms with Gasteiger partial charge in [-0.2, -0.15) is 0 Å². The second-order valence-corrected chi connectivity index (χ2v) is 6.97. The summed E-state index contributed by atoms with van der Waals surface area (Å²) in [5, 5.41) is 1.33. The molecule has 1 aromatic rings. The molecule has 0 fully saturated rings. The number of ether oxygens (including phenoxy) is 1. The van der Waals surface area contributed by atoms with Crippen molar-refractivity contribution in [1.29, 1.82) is 0 Å². The van der Waals surface area contributed by atoms with Crippen molar-refractivity contribution in [3.05, 3.63) is 42.0 Å². The monoisotopic (exact) mass is 278 g/mol. The van der Waals surface area contributed by atoms with Gasteiger partial charge >= 0.3 is 5.97 Å².